The summed E-state index contributed by atoms with van der Waals surface area (Å²) in [5, 5.41) is 0. The second-order valence-electron chi connectivity index (χ2n) is 3.09. The van der Waals surface area contributed by atoms with Crippen LogP contribution < -0.4 is 0 Å². The fourth-order valence-electron chi connectivity index (χ4n) is 1.24. The molecule has 84 valence electrons. The van der Waals surface area contributed by atoms with Crippen LogP contribution >= 0.6 is 0 Å². The monoisotopic (exact) mass is 243 g/mol. The molecule has 0 fully saturated rings. The highest BCUT2D eigenvalue weighted by Crippen LogP contribution is 2.16. The van der Waals surface area contributed by atoms with E-state index in [-0.39, 0.29) is 4.90 Å². The van der Waals surface area contributed by atoms with E-state index in [1.807, 2.05) is 0 Å². The molecule has 0 atom stereocenters. The van der Waals surface area contributed by atoms with Gasteiger partial charge in [-0.15, -0.1) is 0 Å². The lowest BCUT2D eigenvalue weighted by atomic mass is 10.3. The summed E-state index contributed by atoms with van der Waals surface area (Å²) in [5.41, 5.74) is 0. The highest BCUT2D eigenvalue weighted by molar-refractivity contribution is 7.90. The van der Waals surface area contributed by atoms with Gasteiger partial charge in [0.2, 0.25) is 0 Å². The Balaban J connectivity index is 2.57. The minimum absolute atomic E-state index is 0.289. The maximum Gasteiger partial charge on any atom is 0.267 e. The molecule has 0 spiro atoms. The highest BCUT2D eigenvalue weighted by Gasteiger charge is 2.17. The third-order valence-electron chi connectivity index (χ3n) is 2.04. The smallest absolute Gasteiger partial charge is 0.249 e. The van der Waals surface area contributed by atoms with Gasteiger partial charge in [-0.3, -0.25) is 0 Å². The van der Waals surface area contributed by atoms with E-state index in [4.69, 9.17) is 0 Å². The van der Waals surface area contributed by atoms with E-state index in [2.05, 4.69) is 0 Å². The van der Waals surface area contributed by atoms with Gasteiger partial charge in [0.05, 0.1) is 4.90 Å². The van der Waals surface area contributed by atoms with Gasteiger partial charge < -0.3 is 0 Å². The van der Waals surface area contributed by atoms with Crippen molar-refractivity contribution in [2.45, 2.75) is 4.90 Å². The first-order valence-electron chi connectivity index (χ1n) is 4.35. The van der Waals surface area contributed by atoms with E-state index in [0.717, 1.165) is 16.1 Å². The van der Waals surface area contributed by atoms with Gasteiger partial charge in [0.15, 0.2) is 11.6 Å². The third kappa shape index (κ3) is 1.71. The van der Waals surface area contributed by atoms with Crippen LogP contribution in [0.3, 0.4) is 0 Å². The predicted octanol–water partition coefficient (Wildman–Crippen LogP) is 2.00. The lowest BCUT2D eigenvalue weighted by Crippen LogP contribution is -2.11. The Hall–Kier alpha value is -1.69. The van der Waals surface area contributed by atoms with Crippen molar-refractivity contribution in [3.8, 4) is 0 Å². The Morgan fingerprint density at radius 3 is 2.19 bits per heavy atom. The molecule has 0 aliphatic heterocycles. The summed E-state index contributed by atoms with van der Waals surface area (Å²) in [7, 11) is -3.82. The molecule has 3 nitrogen and oxygen atoms in total. The van der Waals surface area contributed by atoms with Gasteiger partial charge >= 0.3 is 0 Å². The molecule has 0 N–H and O–H groups in total. The normalized spacial score (nSPS) is 11.6. The predicted molar refractivity (Wildman–Crippen MR) is 53.4 cm³/mol. The molecule has 0 aliphatic rings. The van der Waals surface area contributed by atoms with Crippen molar-refractivity contribution < 1.29 is 17.2 Å². The van der Waals surface area contributed by atoms with Crippen LogP contribution in [0.1, 0.15) is 0 Å². The van der Waals surface area contributed by atoms with Gasteiger partial charge in [-0.25, -0.2) is 21.2 Å². The van der Waals surface area contributed by atoms with Crippen LogP contribution in [0.2, 0.25) is 0 Å². The lowest BCUT2D eigenvalue weighted by molar-refractivity contribution is 0.504. The third-order valence-corrected chi connectivity index (χ3v) is 3.69. The molecule has 6 heteroatoms. The van der Waals surface area contributed by atoms with Gasteiger partial charge in [0, 0.05) is 12.4 Å². The van der Waals surface area contributed by atoms with Gasteiger partial charge in [0.25, 0.3) is 10.0 Å². The number of aromatic nitrogens is 1. The van der Waals surface area contributed by atoms with Crippen LogP contribution in [0.25, 0.3) is 0 Å². The lowest BCUT2D eigenvalue weighted by Gasteiger charge is -2.05. The summed E-state index contributed by atoms with van der Waals surface area (Å²) in [6.45, 7) is 0. The molecule has 0 unspecified atom stereocenters. The second kappa shape index (κ2) is 3.71. The summed E-state index contributed by atoms with van der Waals surface area (Å²) < 4.78 is 50.1. The molecule has 0 saturated heterocycles. The van der Waals surface area contributed by atoms with Crippen molar-refractivity contribution in [3.63, 3.8) is 0 Å². The van der Waals surface area contributed by atoms with E-state index < -0.39 is 21.7 Å². The van der Waals surface area contributed by atoms with Crippen LogP contribution in [-0.4, -0.2) is 12.4 Å². The fourth-order valence-corrected chi connectivity index (χ4v) is 2.43. The van der Waals surface area contributed by atoms with E-state index in [1.165, 1.54) is 24.5 Å². The molecule has 0 saturated carbocycles. The zero-order valence-corrected chi connectivity index (χ0v) is 8.79. The Bertz CT molecular complexity index is 606. The molecule has 0 aliphatic carbocycles. The maximum atomic E-state index is 12.9. The first-order chi connectivity index (χ1) is 7.51. The number of nitrogens with zero attached hydrogens (tertiary/aromatic N) is 1. The molecule has 16 heavy (non-hydrogen) atoms. The van der Waals surface area contributed by atoms with Gasteiger partial charge in [-0.05, 0) is 30.3 Å². The molecule has 1 heterocycles. The number of hydrogen-bond donors (Lipinski definition) is 0. The van der Waals surface area contributed by atoms with Crippen molar-refractivity contribution in [2.24, 2.45) is 0 Å². The standard InChI is InChI=1S/C10H7F2NO2S/c11-9-4-3-8(7-10(9)12)16(14,15)13-5-1-2-6-13/h1-7H. The largest absolute Gasteiger partial charge is 0.267 e. The van der Waals surface area contributed by atoms with Crippen LogP contribution in [0.15, 0.2) is 47.6 Å². The molecule has 0 bridgehead atoms. The van der Waals surface area contributed by atoms with Crippen LogP contribution in [-0.2, 0) is 10.0 Å². The summed E-state index contributed by atoms with van der Waals surface area (Å²) in [6.07, 6.45) is 2.63. The number of hydrogen-bond acceptors (Lipinski definition) is 2. The zero-order valence-electron chi connectivity index (χ0n) is 7.97. The second-order valence-corrected chi connectivity index (χ2v) is 4.94. The molecule has 2 aromatic rings. The van der Waals surface area contributed by atoms with Crippen LogP contribution in [0, 0.1) is 11.6 Å². The Morgan fingerprint density at radius 2 is 1.62 bits per heavy atom. The van der Waals surface area contributed by atoms with Crippen molar-refractivity contribution >= 4 is 10.0 Å². The average molecular weight is 243 g/mol. The minimum atomic E-state index is -3.82. The van der Waals surface area contributed by atoms with E-state index >= 15 is 0 Å². The Kier molecular flexibility index (Phi) is 2.51. The summed E-state index contributed by atoms with van der Waals surface area (Å²) >= 11 is 0. The maximum absolute atomic E-state index is 12.9. The zero-order chi connectivity index (χ0) is 11.8. The number of benzene rings is 1. The average Bonchev–Trinajstić information content (AvgIpc) is 2.75. The Labute approximate surface area is 91.0 Å². The molecule has 1 aromatic carbocycles. The van der Waals surface area contributed by atoms with Crippen molar-refractivity contribution in [3.05, 3.63) is 54.4 Å². The van der Waals surface area contributed by atoms with Gasteiger partial charge in [-0.1, -0.05) is 0 Å². The van der Waals surface area contributed by atoms with Crippen molar-refractivity contribution in [1.29, 1.82) is 0 Å². The SMILES string of the molecule is O=S(=O)(c1ccc(F)c(F)c1)n1cccc1. The van der Waals surface area contributed by atoms with E-state index in [0.29, 0.717) is 6.07 Å². The minimum Gasteiger partial charge on any atom is -0.249 e. The fraction of sp³-hybridized carbons (Fsp3) is 0. The van der Waals surface area contributed by atoms with Crippen LogP contribution in [0.4, 0.5) is 8.78 Å². The molecular weight excluding hydrogens is 236 g/mol. The van der Waals surface area contributed by atoms with Crippen molar-refractivity contribution in [1.82, 2.24) is 3.97 Å². The summed E-state index contributed by atoms with van der Waals surface area (Å²) in [4.78, 5) is -0.289. The number of halogens is 2. The topological polar surface area (TPSA) is 39.1 Å². The molecule has 0 amide bonds. The molecular formula is C10H7F2NO2S. The first kappa shape index (κ1) is 10.8. The first-order valence-corrected chi connectivity index (χ1v) is 5.79. The number of rotatable bonds is 2. The van der Waals surface area contributed by atoms with E-state index in [9.17, 15) is 17.2 Å². The quantitative estimate of drug-likeness (QED) is 0.809. The summed E-state index contributed by atoms with van der Waals surface area (Å²) in [5.74, 6) is -2.26. The van der Waals surface area contributed by atoms with E-state index in [1.54, 1.807) is 0 Å². The van der Waals surface area contributed by atoms with Crippen molar-refractivity contribution in [2.75, 3.05) is 0 Å². The molecule has 0 radical (unpaired) electrons. The highest BCUT2D eigenvalue weighted by atomic mass is 32.2. The molecule has 2 rings (SSSR count). The van der Waals surface area contributed by atoms with Gasteiger partial charge in [-0.2, -0.15) is 0 Å². The van der Waals surface area contributed by atoms with Gasteiger partial charge in [0.1, 0.15) is 0 Å². The molecule has 1 aromatic heterocycles. The Morgan fingerprint density at radius 1 is 1.00 bits per heavy atom. The van der Waals surface area contributed by atoms with Crippen LogP contribution in [0.5, 0.6) is 0 Å². The summed E-state index contributed by atoms with van der Waals surface area (Å²) in [6, 6.07) is 5.51.